The second-order valence-corrected chi connectivity index (χ2v) is 8.18. The van der Waals surface area contributed by atoms with Crippen LogP contribution < -0.4 is 20.2 Å². The van der Waals surface area contributed by atoms with E-state index < -0.39 is 5.97 Å². The molecule has 170 valence electrons. The molecular weight excluding hydrogens is 505 g/mol. The van der Waals surface area contributed by atoms with Crippen molar-refractivity contribution in [2.45, 2.75) is 6.92 Å². The summed E-state index contributed by atoms with van der Waals surface area (Å²) in [6.45, 7) is 2.20. The summed E-state index contributed by atoms with van der Waals surface area (Å²) in [5.41, 5.74) is 4.35. The van der Waals surface area contributed by atoms with Crippen LogP contribution in [-0.4, -0.2) is 23.9 Å². The molecule has 2 N–H and O–H groups in total. The molecule has 0 fully saturated rings. The lowest BCUT2D eigenvalue weighted by molar-refractivity contribution is 0.0728. The van der Waals surface area contributed by atoms with Gasteiger partial charge in [0.25, 0.3) is 0 Å². The minimum atomic E-state index is -0.627. The summed E-state index contributed by atoms with van der Waals surface area (Å²) in [4.78, 5) is 12.5. The second-order valence-electron chi connectivity index (χ2n) is 6.49. The fourth-order valence-corrected chi connectivity index (χ4v) is 3.50. The fourth-order valence-electron chi connectivity index (χ4n) is 2.66. The first-order valence-corrected chi connectivity index (χ1v) is 11.2. The van der Waals surface area contributed by atoms with Gasteiger partial charge in [0.05, 0.1) is 23.4 Å². The minimum absolute atomic E-state index is 0.194. The Balaban J connectivity index is 1.67. The van der Waals surface area contributed by atoms with Gasteiger partial charge in [-0.15, -0.1) is 0 Å². The highest BCUT2D eigenvalue weighted by Gasteiger charge is 2.16. The summed E-state index contributed by atoms with van der Waals surface area (Å²) in [6, 6.07) is 16.7. The second kappa shape index (κ2) is 11.9. The smallest absolute Gasteiger partial charge is 0.345 e. The lowest BCUT2D eigenvalue weighted by Gasteiger charge is -2.12. The zero-order valence-electron chi connectivity index (χ0n) is 17.3. The fraction of sp³-hybridized carbons (Fsp3) is 0.0870. The Hall–Kier alpha value is -2.84. The molecule has 0 radical (unpaired) electrons. The first kappa shape index (κ1) is 24.8. The molecule has 0 aliphatic rings. The zero-order valence-corrected chi connectivity index (χ0v) is 20.4. The molecule has 0 aromatic heterocycles. The van der Waals surface area contributed by atoms with Crippen LogP contribution in [0.25, 0.3) is 0 Å². The molecule has 0 aliphatic carbocycles. The van der Waals surface area contributed by atoms with Gasteiger partial charge in [0.15, 0.2) is 16.6 Å². The Kier molecular flexibility index (Phi) is 8.91. The van der Waals surface area contributed by atoms with Gasteiger partial charge in [-0.2, -0.15) is 5.10 Å². The van der Waals surface area contributed by atoms with Gasteiger partial charge in [-0.05, 0) is 79.3 Å². The first-order valence-electron chi connectivity index (χ1n) is 9.65. The summed E-state index contributed by atoms with van der Waals surface area (Å²) < 4.78 is 11.1. The van der Waals surface area contributed by atoms with Gasteiger partial charge < -0.3 is 14.8 Å². The third-order valence-corrected chi connectivity index (χ3v) is 5.06. The number of thiocarbonyl (C=S) groups is 1. The molecule has 33 heavy (non-hydrogen) atoms. The number of carbonyl (C=O) groups is 1. The van der Waals surface area contributed by atoms with Gasteiger partial charge in [0.1, 0.15) is 0 Å². The van der Waals surface area contributed by atoms with Crippen molar-refractivity contribution in [1.82, 2.24) is 5.43 Å². The van der Waals surface area contributed by atoms with Gasteiger partial charge in [-0.1, -0.05) is 40.9 Å². The predicted octanol–water partition coefficient (Wildman–Crippen LogP) is 6.59. The van der Waals surface area contributed by atoms with E-state index in [1.165, 1.54) is 12.1 Å². The lowest BCUT2D eigenvalue weighted by atomic mass is 10.2. The molecule has 0 bridgehead atoms. The van der Waals surface area contributed by atoms with Crippen LogP contribution in [0, 0.1) is 0 Å². The van der Waals surface area contributed by atoms with E-state index in [0.29, 0.717) is 33.1 Å². The quantitative estimate of drug-likeness (QED) is 0.120. The molecule has 3 rings (SSSR count). The van der Waals surface area contributed by atoms with Crippen LogP contribution in [0.5, 0.6) is 11.5 Å². The predicted molar refractivity (Wildman–Crippen MR) is 137 cm³/mol. The molecule has 10 heteroatoms. The first-order chi connectivity index (χ1) is 15.9. The van der Waals surface area contributed by atoms with Crippen LogP contribution in [0.4, 0.5) is 5.69 Å². The third-order valence-electron chi connectivity index (χ3n) is 4.08. The molecule has 0 amide bonds. The van der Waals surface area contributed by atoms with E-state index in [2.05, 4.69) is 15.8 Å². The zero-order chi connectivity index (χ0) is 23.8. The van der Waals surface area contributed by atoms with Crippen LogP contribution in [-0.2, 0) is 0 Å². The van der Waals surface area contributed by atoms with E-state index in [-0.39, 0.29) is 16.3 Å². The molecule has 0 aliphatic heterocycles. The molecule has 0 heterocycles. The topological polar surface area (TPSA) is 71.9 Å². The molecule has 0 unspecified atom stereocenters. The lowest BCUT2D eigenvalue weighted by Crippen LogP contribution is -2.23. The highest BCUT2D eigenvalue weighted by molar-refractivity contribution is 7.80. The van der Waals surface area contributed by atoms with Gasteiger partial charge >= 0.3 is 5.97 Å². The van der Waals surface area contributed by atoms with Crippen LogP contribution in [0.1, 0.15) is 22.8 Å². The van der Waals surface area contributed by atoms with Crippen LogP contribution in [0.3, 0.4) is 0 Å². The number of carbonyl (C=O) groups excluding carboxylic acids is 1. The maximum absolute atomic E-state index is 12.5. The SMILES string of the molecule is CCOc1cc(C=NNC(=S)Nc2cccc(Cl)c2)ccc1OC(=O)c1ccc(Cl)cc1Cl. The largest absolute Gasteiger partial charge is 0.490 e. The van der Waals surface area contributed by atoms with Crippen molar-refractivity contribution in [3.05, 3.63) is 86.9 Å². The highest BCUT2D eigenvalue weighted by atomic mass is 35.5. The Morgan fingerprint density at radius 3 is 2.55 bits per heavy atom. The van der Waals surface area contributed by atoms with Crippen molar-refractivity contribution in [2.75, 3.05) is 11.9 Å². The molecule has 3 aromatic rings. The summed E-state index contributed by atoms with van der Waals surface area (Å²) in [7, 11) is 0. The molecule has 0 atom stereocenters. The number of benzene rings is 3. The number of nitrogens with one attached hydrogen (secondary N) is 2. The number of hydrogen-bond acceptors (Lipinski definition) is 5. The number of halogens is 3. The normalized spacial score (nSPS) is 10.7. The number of rotatable bonds is 7. The molecule has 3 aromatic carbocycles. The van der Waals surface area contributed by atoms with E-state index in [9.17, 15) is 4.79 Å². The molecule has 0 saturated heterocycles. The van der Waals surface area contributed by atoms with Gasteiger partial charge in [0.2, 0.25) is 0 Å². The van der Waals surface area contributed by atoms with Crippen molar-refractivity contribution >= 4 is 70.0 Å². The number of anilines is 1. The van der Waals surface area contributed by atoms with E-state index in [4.69, 9.17) is 56.5 Å². The summed E-state index contributed by atoms with van der Waals surface area (Å²) in [5, 5.41) is 8.60. The van der Waals surface area contributed by atoms with E-state index >= 15 is 0 Å². The highest BCUT2D eigenvalue weighted by Crippen LogP contribution is 2.30. The van der Waals surface area contributed by atoms with Gasteiger partial charge in [-0.3, -0.25) is 5.43 Å². The number of hydrazone groups is 1. The summed E-state index contributed by atoms with van der Waals surface area (Å²) in [5.74, 6) is -0.00576. The number of nitrogens with zero attached hydrogens (tertiary/aromatic N) is 1. The third kappa shape index (κ3) is 7.33. The van der Waals surface area contributed by atoms with Crippen molar-refractivity contribution in [2.24, 2.45) is 5.10 Å². The van der Waals surface area contributed by atoms with E-state index in [1.54, 1.807) is 48.7 Å². The number of hydrogen-bond donors (Lipinski definition) is 2. The van der Waals surface area contributed by atoms with Gasteiger partial charge in [-0.25, -0.2) is 4.79 Å². The van der Waals surface area contributed by atoms with E-state index in [0.717, 1.165) is 5.69 Å². The van der Waals surface area contributed by atoms with Crippen LogP contribution >= 0.6 is 47.0 Å². The summed E-state index contributed by atoms with van der Waals surface area (Å²) >= 11 is 23.2. The Labute approximate surface area is 211 Å². The van der Waals surface area contributed by atoms with Crippen LogP contribution in [0.15, 0.2) is 65.8 Å². The van der Waals surface area contributed by atoms with Gasteiger partial charge in [0, 0.05) is 15.7 Å². The molecule has 0 spiro atoms. The average Bonchev–Trinajstić information content (AvgIpc) is 2.75. The summed E-state index contributed by atoms with van der Waals surface area (Å²) in [6.07, 6.45) is 1.55. The molecule has 0 saturated carbocycles. The number of ether oxygens (including phenoxy) is 2. The maximum Gasteiger partial charge on any atom is 0.345 e. The maximum atomic E-state index is 12.5. The van der Waals surface area contributed by atoms with Crippen LogP contribution in [0.2, 0.25) is 15.1 Å². The standard InChI is InChI=1S/C23H18Cl3N3O3S/c1-2-31-21-10-14(13-27-29-23(33)28-17-5-3-4-15(24)11-17)6-9-20(21)32-22(30)18-8-7-16(25)12-19(18)26/h3-13H,2H2,1H3,(H2,28,29,33). The number of esters is 1. The monoisotopic (exact) mass is 521 g/mol. The van der Waals surface area contributed by atoms with Crippen molar-refractivity contribution in [3.63, 3.8) is 0 Å². The van der Waals surface area contributed by atoms with Crippen molar-refractivity contribution in [1.29, 1.82) is 0 Å². The molecular formula is C23H18Cl3N3O3S. The molecule has 6 nitrogen and oxygen atoms in total. The van der Waals surface area contributed by atoms with Crippen molar-refractivity contribution in [3.8, 4) is 11.5 Å². The minimum Gasteiger partial charge on any atom is -0.490 e. The average molecular weight is 523 g/mol. The Morgan fingerprint density at radius 1 is 1.03 bits per heavy atom. The Bertz CT molecular complexity index is 1200. The van der Waals surface area contributed by atoms with Crippen molar-refractivity contribution < 1.29 is 14.3 Å². The van der Waals surface area contributed by atoms with E-state index in [1.807, 2.05) is 13.0 Å². The Morgan fingerprint density at radius 2 is 1.82 bits per heavy atom.